The van der Waals surface area contributed by atoms with Gasteiger partial charge in [-0.25, -0.2) is 4.57 Å². The van der Waals surface area contributed by atoms with Crippen LogP contribution in [0, 0.1) is 0 Å². The first kappa shape index (κ1) is 18.8. The summed E-state index contributed by atoms with van der Waals surface area (Å²) in [6.45, 7) is 10.3. The fraction of sp³-hybridized carbons (Fsp3) is 0.250. The van der Waals surface area contributed by atoms with Crippen LogP contribution in [-0.4, -0.2) is 4.57 Å². The first-order valence-electron chi connectivity index (χ1n) is 11.2. The van der Waals surface area contributed by atoms with Crippen molar-refractivity contribution in [3.05, 3.63) is 83.7 Å². The van der Waals surface area contributed by atoms with Gasteiger partial charge >= 0.3 is 0 Å². The van der Waals surface area contributed by atoms with Crippen molar-refractivity contribution in [1.29, 1.82) is 0 Å². The van der Waals surface area contributed by atoms with E-state index < -0.39 is 0 Å². The van der Waals surface area contributed by atoms with E-state index in [4.69, 9.17) is 0 Å². The number of rotatable bonds is 3. The molecule has 0 N–H and O–H groups in total. The van der Waals surface area contributed by atoms with Gasteiger partial charge in [-0.2, -0.15) is 4.57 Å². The summed E-state index contributed by atoms with van der Waals surface area (Å²) in [7, 11) is 0. The topological polar surface area (TPSA) is 8.81 Å². The summed E-state index contributed by atoms with van der Waals surface area (Å²) in [5.41, 5.74) is 7.03. The summed E-state index contributed by atoms with van der Waals surface area (Å²) in [4.78, 5) is 0. The number of thiophene rings is 1. The third kappa shape index (κ3) is 2.66. The van der Waals surface area contributed by atoms with Crippen molar-refractivity contribution in [2.75, 3.05) is 0 Å². The normalized spacial score (nSPS) is 13.0. The van der Waals surface area contributed by atoms with Crippen LogP contribution in [0.4, 0.5) is 0 Å². The van der Waals surface area contributed by atoms with Crippen LogP contribution < -0.4 is 4.57 Å². The monoisotopic (exact) mass is 423 g/mol. The first-order chi connectivity index (χ1) is 15.0. The first-order valence-corrected chi connectivity index (χ1v) is 12.0. The molecule has 3 heterocycles. The molecule has 2 aromatic heterocycles. The zero-order chi connectivity index (χ0) is 21.3. The molecule has 6 rings (SSSR count). The lowest BCUT2D eigenvalue weighted by molar-refractivity contribution is -0.671. The minimum Gasteiger partial charge on any atom is -0.225 e. The van der Waals surface area contributed by atoms with Crippen LogP contribution in [0.5, 0.6) is 0 Å². The Morgan fingerprint density at radius 1 is 0.903 bits per heavy atom. The van der Waals surface area contributed by atoms with Crippen LogP contribution in [0.2, 0.25) is 0 Å². The van der Waals surface area contributed by atoms with E-state index in [9.17, 15) is 0 Å². The van der Waals surface area contributed by atoms with E-state index in [1.807, 2.05) is 11.3 Å². The van der Waals surface area contributed by atoms with Crippen LogP contribution in [-0.2, 0) is 6.54 Å². The highest BCUT2D eigenvalue weighted by Crippen LogP contribution is 2.45. The number of aromatic nitrogens is 2. The van der Waals surface area contributed by atoms with Crippen LogP contribution in [0.1, 0.15) is 56.2 Å². The fourth-order valence-corrected chi connectivity index (χ4v) is 6.45. The predicted molar refractivity (Wildman–Crippen MR) is 132 cm³/mol. The van der Waals surface area contributed by atoms with Gasteiger partial charge in [-0.1, -0.05) is 70.2 Å². The molecule has 0 fully saturated rings. The van der Waals surface area contributed by atoms with Gasteiger partial charge < -0.3 is 0 Å². The molecule has 2 nitrogen and oxygen atoms in total. The Labute approximate surface area is 187 Å². The van der Waals surface area contributed by atoms with Gasteiger partial charge in [-0.15, -0.1) is 11.3 Å². The minimum atomic E-state index is 0.446. The zero-order valence-electron chi connectivity index (χ0n) is 18.5. The van der Waals surface area contributed by atoms with Gasteiger partial charge in [-0.05, 0) is 29.5 Å². The molecule has 1 aliphatic heterocycles. The van der Waals surface area contributed by atoms with Crippen molar-refractivity contribution in [2.24, 2.45) is 0 Å². The molecule has 0 radical (unpaired) electrons. The van der Waals surface area contributed by atoms with Crippen molar-refractivity contribution in [2.45, 2.75) is 46.1 Å². The molecule has 0 amide bonds. The van der Waals surface area contributed by atoms with Gasteiger partial charge in [0, 0.05) is 26.6 Å². The van der Waals surface area contributed by atoms with Crippen molar-refractivity contribution >= 4 is 31.5 Å². The molecular weight excluding hydrogens is 396 g/mol. The zero-order valence-corrected chi connectivity index (χ0v) is 19.3. The van der Waals surface area contributed by atoms with Gasteiger partial charge in [0.05, 0.1) is 10.3 Å². The lowest BCUT2D eigenvalue weighted by Gasteiger charge is -2.17. The highest BCUT2D eigenvalue weighted by Gasteiger charge is 2.33. The molecule has 1 aliphatic rings. The SMILES string of the molecule is CC(C)c1cc(C(C)C)c2c(sc3ccccc32)c1-n1cc[n+]2c1-c1ccccc1C2. The molecule has 0 aliphatic carbocycles. The third-order valence-corrected chi connectivity index (χ3v) is 7.84. The van der Waals surface area contributed by atoms with E-state index in [1.165, 1.54) is 53.9 Å². The summed E-state index contributed by atoms with van der Waals surface area (Å²) in [6.07, 6.45) is 4.51. The van der Waals surface area contributed by atoms with Gasteiger partial charge in [-0.3, -0.25) is 0 Å². The molecule has 31 heavy (non-hydrogen) atoms. The molecule has 0 saturated heterocycles. The van der Waals surface area contributed by atoms with E-state index in [0.29, 0.717) is 11.8 Å². The van der Waals surface area contributed by atoms with E-state index in [2.05, 4.69) is 104 Å². The molecule has 0 saturated carbocycles. The number of hydrogen-bond acceptors (Lipinski definition) is 1. The Kier molecular flexibility index (Phi) is 4.13. The van der Waals surface area contributed by atoms with Gasteiger partial charge in [0.25, 0.3) is 5.82 Å². The van der Waals surface area contributed by atoms with Crippen LogP contribution in [0.3, 0.4) is 0 Å². The molecule has 3 aromatic carbocycles. The van der Waals surface area contributed by atoms with Crippen molar-refractivity contribution in [1.82, 2.24) is 4.57 Å². The lowest BCUT2D eigenvalue weighted by Crippen LogP contribution is -2.30. The predicted octanol–water partition coefficient (Wildman–Crippen LogP) is 7.41. The van der Waals surface area contributed by atoms with Crippen LogP contribution in [0.15, 0.2) is 67.0 Å². The van der Waals surface area contributed by atoms with Gasteiger partial charge in [0.2, 0.25) is 0 Å². The van der Waals surface area contributed by atoms with Crippen LogP contribution >= 0.6 is 11.3 Å². The summed E-state index contributed by atoms with van der Waals surface area (Å²) >= 11 is 1.95. The second-order valence-electron chi connectivity index (χ2n) is 9.29. The average Bonchev–Trinajstić information content (AvgIpc) is 3.44. The summed E-state index contributed by atoms with van der Waals surface area (Å²) in [5, 5.41) is 2.83. The Morgan fingerprint density at radius 2 is 1.65 bits per heavy atom. The maximum Gasteiger partial charge on any atom is 0.294 e. The molecule has 0 unspecified atom stereocenters. The van der Waals surface area contributed by atoms with Crippen molar-refractivity contribution < 1.29 is 4.57 Å². The standard InChI is InChI=1S/C28H27N2S/c1-17(2)22-15-23(18(3)4)26(27-25(22)21-11-7-8-12-24(21)31-27)30-14-13-29-16-19-9-5-6-10-20(19)28(29)30/h5-15,17-18H,16H2,1-4H3/q+1. The Hall–Kier alpha value is -2.91. The molecule has 0 atom stereocenters. The number of benzene rings is 3. The van der Waals surface area contributed by atoms with Gasteiger partial charge in [0.15, 0.2) is 5.69 Å². The number of fused-ring (bicyclic) bond motifs is 6. The Balaban J connectivity index is 1.77. The van der Waals surface area contributed by atoms with Crippen molar-refractivity contribution in [3.8, 4) is 17.1 Å². The number of nitrogens with zero attached hydrogens (tertiary/aromatic N) is 2. The van der Waals surface area contributed by atoms with E-state index in [0.717, 1.165) is 6.54 Å². The Morgan fingerprint density at radius 3 is 2.45 bits per heavy atom. The molecule has 154 valence electrons. The minimum absolute atomic E-state index is 0.446. The summed E-state index contributed by atoms with van der Waals surface area (Å²) in [6, 6.07) is 20.2. The summed E-state index contributed by atoms with van der Waals surface area (Å²) in [5.74, 6) is 2.23. The highest BCUT2D eigenvalue weighted by atomic mass is 32.1. The number of hydrogen-bond donors (Lipinski definition) is 0. The van der Waals surface area contributed by atoms with Crippen molar-refractivity contribution in [3.63, 3.8) is 0 Å². The second-order valence-corrected chi connectivity index (χ2v) is 10.3. The fourth-order valence-electron chi connectivity index (χ4n) is 5.16. The largest absolute Gasteiger partial charge is 0.294 e. The number of imidazole rings is 1. The maximum absolute atomic E-state index is 2.49. The van der Waals surface area contributed by atoms with E-state index in [1.54, 1.807) is 0 Å². The van der Waals surface area contributed by atoms with E-state index >= 15 is 0 Å². The third-order valence-electron chi connectivity index (χ3n) is 6.66. The smallest absolute Gasteiger partial charge is 0.225 e. The lowest BCUT2D eigenvalue weighted by atomic mass is 9.90. The average molecular weight is 424 g/mol. The second kappa shape index (κ2) is 6.80. The highest BCUT2D eigenvalue weighted by molar-refractivity contribution is 7.26. The van der Waals surface area contributed by atoms with Crippen LogP contribution in [0.25, 0.3) is 37.2 Å². The summed E-state index contributed by atoms with van der Waals surface area (Å²) < 4.78 is 7.64. The maximum atomic E-state index is 2.49. The molecule has 3 heteroatoms. The Bertz CT molecular complexity index is 1470. The van der Waals surface area contributed by atoms with Gasteiger partial charge in [0.1, 0.15) is 18.9 Å². The molecule has 0 bridgehead atoms. The molecule has 0 spiro atoms. The van der Waals surface area contributed by atoms with E-state index in [-0.39, 0.29) is 0 Å². The molecule has 5 aromatic rings. The molecular formula is C28H27N2S+. The quantitative estimate of drug-likeness (QED) is 0.262.